The van der Waals surface area contributed by atoms with Crippen molar-refractivity contribution in [2.75, 3.05) is 36.2 Å². The first-order valence-corrected chi connectivity index (χ1v) is 6.66. The second-order valence-corrected chi connectivity index (χ2v) is 4.69. The fraction of sp³-hybridized carbons (Fsp3) is 0.308. The van der Waals surface area contributed by atoms with Gasteiger partial charge < -0.3 is 15.5 Å². The van der Waals surface area contributed by atoms with Crippen molar-refractivity contribution >= 4 is 34.9 Å². The zero-order valence-electron chi connectivity index (χ0n) is 11.7. The molecule has 7 heteroatoms. The molecule has 0 radical (unpaired) electrons. The summed E-state index contributed by atoms with van der Waals surface area (Å²) in [7, 11) is 3.99. The van der Waals surface area contributed by atoms with Crippen molar-refractivity contribution in [2.24, 2.45) is 0 Å². The molecule has 0 saturated heterocycles. The molecule has 0 atom stereocenters. The standard InChI is InChI=1S/C13H17ClN6/c1-4-15-12-17-11(14)18-13(19-12)16-9-5-7-10(8-6-9)20(2)3/h5-8H,4H2,1-3H3,(H2,15,16,17,18,19). The van der Waals surface area contributed by atoms with Gasteiger partial charge in [0, 0.05) is 32.0 Å². The van der Waals surface area contributed by atoms with E-state index in [2.05, 4.69) is 25.6 Å². The van der Waals surface area contributed by atoms with Crippen LogP contribution in [0.25, 0.3) is 0 Å². The molecular formula is C13H17ClN6. The Hall–Kier alpha value is -2.08. The average Bonchev–Trinajstić information content (AvgIpc) is 2.39. The molecule has 1 aromatic carbocycles. The highest BCUT2D eigenvalue weighted by Gasteiger charge is 2.05. The van der Waals surface area contributed by atoms with E-state index in [1.807, 2.05) is 50.2 Å². The highest BCUT2D eigenvalue weighted by molar-refractivity contribution is 6.28. The van der Waals surface area contributed by atoms with Crippen LogP contribution in [0.15, 0.2) is 24.3 Å². The lowest BCUT2D eigenvalue weighted by molar-refractivity contribution is 1.02. The molecule has 106 valence electrons. The lowest BCUT2D eigenvalue weighted by Crippen LogP contribution is -2.08. The molecule has 0 aliphatic rings. The number of aromatic nitrogens is 3. The van der Waals surface area contributed by atoms with Gasteiger partial charge in [0.1, 0.15) is 0 Å². The third-order valence-corrected chi connectivity index (χ3v) is 2.75. The Kier molecular flexibility index (Phi) is 4.57. The quantitative estimate of drug-likeness (QED) is 0.883. The second kappa shape index (κ2) is 6.38. The molecule has 0 amide bonds. The van der Waals surface area contributed by atoms with Gasteiger partial charge in [0.2, 0.25) is 17.2 Å². The van der Waals surface area contributed by atoms with Crippen molar-refractivity contribution in [1.82, 2.24) is 15.0 Å². The monoisotopic (exact) mass is 292 g/mol. The molecule has 6 nitrogen and oxygen atoms in total. The fourth-order valence-corrected chi connectivity index (χ4v) is 1.78. The number of hydrogen-bond acceptors (Lipinski definition) is 6. The van der Waals surface area contributed by atoms with Gasteiger partial charge in [-0.2, -0.15) is 15.0 Å². The number of hydrogen-bond donors (Lipinski definition) is 2. The van der Waals surface area contributed by atoms with Crippen molar-refractivity contribution < 1.29 is 0 Å². The van der Waals surface area contributed by atoms with Gasteiger partial charge in [-0.15, -0.1) is 0 Å². The molecule has 0 spiro atoms. The van der Waals surface area contributed by atoms with Crippen molar-refractivity contribution in [1.29, 1.82) is 0 Å². The Morgan fingerprint density at radius 2 is 1.70 bits per heavy atom. The first kappa shape index (κ1) is 14.3. The molecule has 0 aliphatic heterocycles. The lowest BCUT2D eigenvalue weighted by atomic mass is 10.2. The van der Waals surface area contributed by atoms with Crippen LogP contribution in [-0.2, 0) is 0 Å². The van der Waals surface area contributed by atoms with Crippen LogP contribution in [0.2, 0.25) is 5.28 Å². The average molecular weight is 293 g/mol. The van der Waals surface area contributed by atoms with Gasteiger partial charge in [0.15, 0.2) is 0 Å². The Morgan fingerprint density at radius 3 is 2.30 bits per heavy atom. The third-order valence-electron chi connectivity index (χ3n) is 2.58. The first-order valence-electron chi connectivity index (χ1n) is 6.28. The number of benzene rings is 1. The normalized spacial score (nSPS) is 10.2. The molecule has 2 aromatic rings. The highest BCUT2D eigenvalue weighted by atomic mass is 35.5. The SMILES string of the molecule is CCNc1nc(Cl)nc(Nc2ccc(N(C)C)cc2)n1. The lowest BCUT2D eigenvalue weighted by Gasteiger charge is -2.13. The van der Waals surface area contributed by atoms with Gasteiger partial charge in [-0.05, 0) is 42.8 Å². The van der Waals surface area contributed by atoms with E-state index in [-0.39, 0.29) is 5.28 Å². The van der Waals surface area contributed by atoms with Gasteiger partial charge in [0.25, 0.3) is 0 Å². The van der Waals surface area contributed by atoms with Crippen LogP contribution < -0.4 is 15.5 Å². The predicted molar refractivity (Wildman–Crippen MR) is 83.1 cm³/mol. The Balaban J connectivity index is 2.16. The van der Waals surface area contributed by atoms with Gasteiger partial charge in [-0.1, -0.05) is 0 Å². The van der Waals surface area contributed by atoms with E-state index in [0.29, 0.717) is 11.9 Å². The minimum Gasteiger partial charge on any atom is -0.378 e. The van der Waals surface area contributed by atoms with Crippen LogP contribution in [0.5, 0.6) is 0 Å². The van der Waals surface area contributed by atoms with Gasteiger partial charge in [0.05, 0.1) is 0 Å². The number of nitrogens with zero attached hydrogens (tertiary/aromatic N) is 4. The third kappa shape index (κ3) is 3.71. The summed E-state index contributed by atoms with van der Waals surface area (Å²) >= 11 is 5.87. The smallest absolute Gasteiger partial charge is 0.233 e. The number of anilines is 4. The molecule has 1 aromatic heterocycles. The van der Waals surface area contributed by atoms with E-state index in [9.17, 15) is 0 Å². The molecule has 0 bridgehead atoms. The van der Waals surface area contributed by atoms with Crippen molar-refractivity contribution in [2.45, 2.75) is 6.92 Å². The molecule has 20 heavy (non-hydrogen) atoms. The maximum atomic E-state index is 5.87. The summed E-state index contributed by atoms with van der Waals surface area (Å²) in [6.45, 7) is 2.68. The summed E-state index contributed by atoms with van der Waals surface area (Å²) < 4.78 is 0. The largest absolute Gasteiger partial charge is 0.378 e. The minimum atomic E-state index is 0.156. The van der Waals surface area contributed by atoms with E-state index >= 15 is 0 Å². The summed E-state index contributed by atoms with van der Waals surface area (Å²) in [5, 5.41) is 6.27. The summed E-state index contributed by atoms with van der Waals surface area (Å²) in [6.07, 6.45) is 0. The molecule has 2 N–H and O–H groups in total. The number of rotatable bonds is 5. The van der Waals surface area contributed by atoms with E-state index in [1.54, 1.807) is 0 Å². The van der Waals surface area contributed by atoms with Gasteiger partial charge >= 0.3 is 0 Å². The van der Waals surface area contributed by atoms with E-state index in [0.717, 1.165) is 17.9 Å². The molecule has 0 fully saturated rings. The predicted octanol–water partition coefficient (Wildman–Crippen LogP) is 2.77. The van der Waals surface area contributed by atoms with Crippen molar-refractivity contribution in [3.63, 3.8) is 0 Å². The van der Waals surface area contributed by atoms with Crippen LogP contribution in [0.4, 0.5) is 23.3 Å². The summed E-state index contributed by atoms with van der Waals surface area (Å²) in [6, 6.07) is 7.94. The van der Waals surface area contributed by atoms with Crippen LogP contribution >= 0.6 is 11.6 Å². The van der Waals surface area contributed by atoms with E-state index in [1.165, 1.54) is 0 Å². The van der Waals surface area contributed by atoms with Crippen LogP contribution in [-0.4, -0.2) is 35.6 Å². The molecule has 0 saturated carbocycles. The Bertz CT molecular complexity index is 570. The molecule has 1 heterocycles. The summed E-state index contributed by atoms with van der Waals surface area (Å²) in [5.41, 5.74) is 2.01. The van der Waals surface area contributed by atoms with Crippen LogP contribution in [0.1, 0.15) is 6.92 Å². The minimum absolute atomic E-state index is 0.156. The molecular weight excluding hydrogens is 276 g/mol. The van der Waals surface area contributed by atoms with Crippen LogP contribution in [0.3, 0.4) is 0 Å². The van der Waals surface area contributed by atoms with E-state index in [4.69, 9.17) is 11.6 Å². The zero-order chi connectivity index (χ0) is 14.5. The number of nitrogens with one attached hydrogen (secondary N) is 2. The van der Waals surface area contributed by atoms with E-state index < -0.39 is 0 Å². The van der Waals surface area contributed by atoms with Crippen molar-refractivity contribution in [3.8, 4) is 0 Å². The maximum absolute atomic E-state index is 5.87. The maximum Gasteiger partial charge on any atom is 0.233 e. The summed E-state index contributed by atoms with van der Waals surface area (Å²) in [4.78, 5) is 14.3. The molecule has 0 unspecified atom stereocenters. The fourth-order valence-electron chi connectivity index (χ4n) is 1.62. The Labute approximate surface area is 123 Å². The van der Waals surface area contributed by atoms with Crippen LogP contribution in [0, 0.1) is 0 Å². The van der Waals surface area contributed by atoms with Gasteiger partial charge in [-0.3, -0.25) is 0 Å². The molecule has 2 rings (SSSR count). The van der Waals surface area contributed by atoms with Crippen molar-refractivity contribution in [3.05, 3.63) is 29.5 Å². The zero-order valence-corrected chi connectivity index (χ0v) is 12.4. The second-order valence-electron chi connectivity index (χ2n) is 4.35. The topological polar surface area (TPSA) is 66.0 Å². The first-order chi connectivity index (χ1) is 9.58. The Morgan fingerprint density at radius 1 is 1.05 bits per heavy atom. The molecule has 0 aliphatic carbocycles. The highest BCUT2D eigenvalue weighted by Crippen LogP contribution is 2.19. The number of halogens is 1. The summed E-state index contributed by atoms with van der Waals surface area (Å²) in [5.74, 6) is 0.874. The van der Waals surface area contributed by atoms with Gasteiger partial charge in [-0.25, -0.2) is 0 Å².